The fraction of sp³-hybridized carbons (Fsp3) is 0.455. The quantitative estimate of drug-likeness (QED) is 0.671. The van der Waals surface area contributed by atoms with Gasteiger partial charge in [-0.05, 0) is 43.9 Å². The van der Waals surface area contributed by atoms with Crippen molar-refractivity contribution in [3.05, 3.63) is 48.0 Å². The third-order valence-electron chi connectivity index (χ3n) is 5.80. The first kappa shape index (κ1) is 17.3. The SMILES string of the molecule is Cc1cc(C(=O)N2CCC(Oc3cccc4c3ccn4CC3CC3)CC2)no1. The largest absolute Gasteiger partial charge is 0.490 e. The second-order valence-electron chi connectivity index (χ2n) is 8.03. The molecule has 3 heterocycles. The van der Waals surface area contributed by atoms with Gasteiger partial charge in [0.1, 0.15) is 17.6 Å². The van der Waals surface area contributed by atoms with Crippen LogP contribution in [-0.4, -0.2) is 39.7 Å². The smallest absolute Gasteiger partial charge is 0.276 e. The molecular formula is C22H25N3O3. The van der Waals surface area contributed by atoms with Crippen molar-refractivity contribution in [2.24, 2.45) is 5.92 Å². The Balaban J connectivity index is 1.24. The predicted octanol–water partition coefficient (Wildman–Crippen LogP) is 4.03. The molecule has 0 radical (unpaired) electrons. The number of carbonyl (C=O) groups excluding carboxylic acids is 1. The van der Waals surface area contributed by atoms with Crippen LogP contribution < -0.4 is 4.74 Å². The van der Waals surface area contributed by atoms with Crippen molar-refractivity contribution in [3.63, 3.8) is 0 Å². The number of fused-ring (bicyclic) bond motifs is 1. The molecule has 0 bridgehead atoms. The van der Waals surface area contributed by atoms with Crippen LogP contribution in [0.2, 0.25) is 0 Å². The zero-order valence-electron chi connectivity index (χ0n) is 16.1. The van der Waals surface area contributed by atoms with E-state index in [-0.39, 0.29) is 12.0 Å². The third-order valence-corrected chi connectivity index (χ3v) is 5.80. The van der Waals surface area contributed by atoms with Crippen LogP contribution in [0.5, 0.6) is 5.75 Å². The number of piperidine rings is 1. The summed E-state index contributed by atoms with van der Waals surface area (Å²) in [5, 5.41) is 5.02. The highest BCUT2D eigenvalue weighted by Crippen LogP contribution is 2.34. The van der Waals surface area contributed by atoms with E-state index in [1.54, 1.807) is 13.0 Å². The molecule has 0 N–H and O–H groups in total. The molecule has 3 aromatic rings. The average molecular weight is 379 g/mol. The van der Waals surface area contributed by atoms with Gasteiger partial charge in [0.25, 0.3) is 5.91 Å². The summed E-state index contributed by atoms with van der Waals surface area (Å²) in [7, 11) is 0. The van der Waals surface area contributed by atoms with Gasteiger partial charge in [0.15, 0.2) is 5.69 Å². The zero-order valence-corrected chi connectivity index (χ0v) is 16.1. The molecule has 1 saturated heterocycles. The lowest BCUT2D eigenvalue weighted by Crippen LogP contribution is -2.41. The van der Waals surface area contributed by atoms with Gasteiger partial charge in [0.2, 0.25) is 0 Å². The lowest BCUT2D eigenvalue weighted by atomic mass is 10.1. The minimum absolute atomic E-state index is 0.0606. The highest BCUT2D eigenvalue weighted by molar-refractivity contribution is 5.92. The lowest BCUT2D eigenvalue weighted by Gasteiger charge is -2.31. The van der Waals surface area contributed by atoms with Crippen LogP contribution in [0.3, 0.4) is 0 Å². The number of rotatable bonds is 5. The van der Waals surface area contributed by atoms with E-state index in [1.807, 2.05) is 4.90 Å². The van der Waals surface area contributed by atoms with Crippen molar-refractivity contribution in [1.29, 1.82) is 0 Å². The first-order chi connectivity index (χ1) is 13.7. The second-order valence-corrected chi connectivity index (χ2v) is 8.03. The number of benzene rings is 1. The maximum Gasteiger partial charge on any atom is 0.276 e. The van der Waals surface area contributed by atoms with E-state index in [0.29, 0.717) is 24.5 Å². The molecule has 6 nitrogen and oxygen atoms in total. The normalized spacial score (nSPS) is 18.0. The van der Waals surface area contributed by atoms with Crippen LogP contribution in [0.4, 0.5) is 0 Å². The van der Waals surface area contributed by atoms with E-state index in [1.165, 1.54) is 23.7 Å². The van der Waals surface area contributed by atoms with Crippen LogP contribution in [0.25, 0.3) is 10.9 Å². The maximum absolute atomic E-state index is 12.5. The molecule has 0 unspecified atom stereocenters. The molecule has 1 saturated carbocycles. The number of carbonyl (C=O) groups is 1. The van der Waals surface area contributed by atoms with E-state index >= 15 is 0 Å². The molecule has 0 spiro atoms. The van der Waals surface area contributed by atoms with E-state index in [2.05, 4.69) is 40.2 Å². The summed E-state index contributed by atoms with van der Waals surface area (Å²) in [4.78, 5) is 14.3. The summed E-state index contributed by atoms with van der Waals surface area (Å²) in [6.07, 6.45) is 6.64. The summed E-state index contributed by atoms with van der Waals surface area (Å²) in [5.41, 5.74) is 1.64. The highest BCUT2D eigenvalue weighted by atomic mass is 16.5. The Kier molecular flexibility index (Phi) is 4.34. The molecule has 0 atom stereocenters. The Morgan fingerprint density at radius 2 is 2.04 bits per heavy atom. The zero-order chi connectivity index (χ0) is 19.1. The lowest BCUT2D eigenvalue weighted by molar-refractivity contribution is 0.0588. The highest BCUT2D eigenvalue weighted by Gasteiger charge is 2.27. The number of ether oxygens (including phenoxy) is 1. The van der Waals surface area contributed by atoms with Crippen LogP contribution in [0.15, 0.2) is 41.1 Å². The van der Waals surface area contributed by atoms with E-state index in [4.69, 9.17) is 9.26 Å². The number of likely N-dealkylation sites (tertiary alicyclic amines) is 1. The second kappa shape index (κ2) is 7.00. The van der Waals surface area contributed by atoms with E-state index < -0.39 is 0 Å². The van der Waals surface area contributed by atoms with Gasteiger partial charge in [0.05, 0.1) is 5.52 Å². The number of aromatic nitrogens is 2. The van der Waals surface area contributed by atoms with Crippen LogP contribution in [0.1, 0.15) is 41.9 Å². The Morgan fingerprint density at radius 1 is 1.21 bits per heavy atom. The number of hydrogen-bond donors (Lipinski definition) is 0. The Morgan fingerprint density at radius 3 is 2.75 bits per heavy atom. The van der Waals surface area contributed by atoms with Gasteiger partial charge in [-0.15, -0.1) is 0 Å². The Hall–Kier alpha value is -2.76. The Bertz CT molecular complexity index is 994. The number of aryl methyl sites for hydroxylation is 1. The topological polar surface area (TPSA) is 60.5 Å². The van der Waals surface area contributed by atoms with Gasteiger partial charge >= 0.3 is 0 Å². The Labute approximate surface area is 164 Å². The summed E-state index contributed by atoms with van der Waals surface area (Å²) in [5.74, 6) is 2.39. The maximum atomic E-state index is 12.5. The molecular weight excluding hydrogens is 354 g/mol. The predicted molar refractivity (Wildman–Crippen MR) is 105 cm³/mol. The minimum atomic E-state index is -0.0606. The van der Waals surface area contributed by atoms with E-state index in [0.717, 1.165) is 31.1 Å². The molecule has 1 aliphatic heterocycles. The number of amides is 1. The monoisotopic (exact) mass is 379 g/mol. The van der Waals surface area contributed by atoms with Crippen molar-refractivity contribution >= 4 is 16.8 Å². The molecule has 2 aliphatic rings. The average Bonchev–Trinajstić information content (AvgIpc) is 3.27. The molecule has 2 aromatic heterocycles. The van der Waals surface area contributed by atoms with E-state index in [9.17, 15) is 4.79 Å². The summed E-state index contributed by atoms with van der Waals surface area (Å²) in [6.45, 7) is 4.25. The molecule has 1 aliphatic carbocycles. The van der Waals surface area contributed by atoms with Crippen molar-refractivity contribution < 1.29 is 14.1 Å². The fourth-order valence-corrected chi connectivity index (χ4v) is 4.02. The van der Waals surface area contributed by atoms with Crippen molar-refractivity contribution in [2.75, 3.05) is 13.1 Å². The number of nitrogens with zero attached hydrogens (tertiary/aromatic N) is 3. The summed E-state index contributed by atoms with van der Waals surface area (Å²) >= 11 is 0. The van der Waals surface area contributed by atoms with Gasteiger partial charge in [0, 0.05) is 50.1 Å². The van der Waals surface area contributed by atoms with Gasteiger partial charge < -0.3 is 18.7 Å². The van der Waals surface area contributed by atoms with Crippen molar-refractivity contribution in [3.8, 4) is 5.75 Å². The summed E-state index contributed by atoms with van der Waals surface area (Å²) < 4.78 is 13.7. The van der Waals surface area contributed by atoms with Gasteiger partial charge in [-0.1, -0.05) is 11.2 Å². The van der Waals surface area contributed by atoms with Crippen LogP contribution in [-0.2, 0) is 6.54 Å². The molecule has 28 heavy (non-hydrogen) atoms. The first-order valence-corrected chi connectivity index (χ1v) is 10.1. The van der Waals surface area contributed by atoms with Gasteiger partial charge in [-0.3, -0.25) is 4.79 Å². The van der Waals surface area contributed by atoms with Crippen LogP contribution >= 0.6 is 0 Å². The molecule has 6 heteroatoms. The molecule has 1 aromatic carbocycles. The van der Waals surface area contributed by atoms with Gasteiger partial charge in [-0.2, -0.15) is 0 Å². The number of hydrogen-bond acceptors (Lipinski definition) is 4. The summed E-state index contributed by atoms with van der Waals surface area (Å²) in [6, 6.07) is 10.2. The minimum Gasteiger partial charge on any atom is -0.490 e. The standard InChI is InChI=1S/C22H25N3O3/c1-15-13-19(23-28-15)22(26)24-10-7-17(8-11-24)27-21-4-2-3-20-18(21)9-12-25(20)14-16-5-6-16/h2-4,9,12-13,16-17H,5-8,10-11,14H2,1H3. The van der Waals surface area contributed by atoms with Crippen LogP contribution in [0, 0.1) is 12.8 Å². The molecule has 146 valence electrons. The molecule has 2 fully saturated rings. The first-order valence-electron chi connectivity index (χ1n) is 10.1. The third kappa shape index (κ3) is 3.39. The fourth-order valence-electron chi connectivity index (χ4n) is 4.02. The van der Waals surface area contributed by atoms with Crippen molar-refractivity contribution in [2.45, 2.75) is 45.3 Å². The van der Waals surface area contributed by atoms with Crippen molar-refractivity contribution in [1.82, 2.24) is 14.6 Å². The molecule has 1 amide bonds. The van der Waals surface area contributed by atoms with Gasteiger partial charge in [-0.25, -0.2) is 0 Å². The molecule has 5 rings (SSSR count).